The standard InChI is InChI=1S/C14H18BrNO/c1-11-5-2-3-8-13(11)14(17)16(10-9-15)12-6-4-7-12/h2-3,5,8,12H,4,6-7,9-10H2,1H3. The number of rotatable bonds is 4. The number of carbonyl (C=O) groups excluding carboxylic acids is 1. The SMILES string of the molecule is Cc1ccccc1C(=O)N(CCBr)C1CCC1. The lowest BCUT2D eigenvalue weighted by molar-refractivity contribution is 0.0599. The highest BCUT2D eigenvalue weighted by molar-refractivity contribution is 9.09. The molecule has 1 aliphatic carbocycles. The minimum atomic E-state index is 0.187. The number of amides is 1. The number of benzene rings is 1. The molecule has 2 nitrogen and oxygen atoms in total. The Morgan fingerprint density at radius 1 is 1.41 bits per heavy atom. The van der Waals surface area contributed by atoms with Crippen LogP contribution < -0.4 is 0 Å². The van der Waals surface area contributed by atoms with E-state index in [0.717, 1.165) is 35.8 Å². The van der Waals surface area contributed by atoms with Crippen LogP contribution >= 0.6 is 15.9 Å². The van der Waals surface area contributed by atoms with Gasteiger partial charge >= 0.3 is 0 Å². The number of alkyl halides is 1. The van der Waals surface area contributed by atoms with E-state index in [1.54, 1.807) is 0 Å². The zero-order valence-corrected chi connectivity index (χ0v) is 11.7. The van der Waals surface area contributed by atoms with Gasteiger partial charge < -0.3 is 4.90 Å². The second-order valence-corrected chi connectivity index (χ2v) is 5.38. The Bertz CT molecular complexity index is 401. The summed E-state index contributed by atoms with van der Waals surface area (Å²) in [4.78, 5) is 14.5. The molecule has 0 saturated heterocycles. The van der Waals surface area contributed by atoms with E-state index in [9.17, 15) is 4.79 Å². The summed E-state index contributed by atoms with van der Waals surface area (Å²) in [6, 6.07) is 8.30. The fourth-order valence-electron chi connectivity index (χ4n) is 2.21. The third kappa shape index (κ3) is 2.71. The van der Waals surface area contributed by atoms with Crippen molar-refractivity contribution in [2.24, 2.45) is 0 Å². The van der Waals surface area contributed by atoms with Gasteiger partial charge in [0.05, 0.1) is 0 Å². The van der Waals surface area contributed by atoms with Crippen molar-refractivity contribution in [3.05, 3.63) is 35.4 Å². The summed E-state index contributed by atoms with van der Waals surface area (Å²) in [6.07, 6.45) is 3.57. The van der Waals surface area contributed by atoms with Crippen LogP contribution in [0.15, 0.2) is 24.3 Å². The molecule has 2 rings (SSSR count). The highest BCUT2D eigenvalue weighted by atomic mass is 79.9. The molecule has 1 amide bonds. The monoisotopic (exact) mass is 295 g/mol. The molecule has 0 N–H and O–H groups in total. The molecule has 1 saturated carbocycles. The summed E-state index contributed by atoms with van der Waals surface area (Å²) in [7, 11) is 0. The van der Waals surface area contributed by atoms with Crippen molar-refractivity contribution < 1.29 is 4.79 Å². The highest BCUT2D eigenvalue weighted by Gasteiger charge is 2.29. The molecule has 0 atom stereocenters. The lowest BCUT2D eigenvalue weighted by atomic mass is 9.90. The molecular weight excluding hydrogens is 278 g/mol. The van der Waals surface area contributed by atoms with E-state index < -0.39 is 0 Å². The third-order valence-corrected chi connectivity index (χ3v) is 3.83. The number of halogens is 1. The van der Waals surface area contributed by atoms with Gasteiger partial charge in [-0.3, -0.25) is 4.79 Å². The van der Waals surface area contributed by atoms with Crippen molar-refractivity contribution in [1.29, 1.82) is 0 Å². The van der Waals surface area contributed by atoms with Crippen molar-refractivity contribution >= 4 is 21.8 Å². The molecule has 0 unspecified atom stereocenters. The lowest BCUT2D eigenvalue weighted by Crippen LogP contribution is -2.45. The number of carbonyl (C=O) groups is 1. The zero-order chi connectivity index (χ0) is 12.3. The van der Waals surface area contributed by atoms with Gasteiger partial charge in [-0.2, -0.15) is 0 Å². The number of aryl methyl sites for hydroxylation is 1. The van der Waals surface area contributed by atoms with Crippen LogP contribution in [0.3, 0.4) is 0 Å². The smallest absolute Gasteiger partial charge is 0.254 e. The Balaban J connectivity index is 2.18. The van der Waals surface area contributed by atoms with Crippen LogP contribution in [0.4, 0.5) is 0 Å². The van der Waals surface area contributed by atoms with Crippen LogP contribution in [-0.2, 0) is 0 Å². The van der Waals surface area contributed by atoms with Crippen molar-refractivity contribution in [3.8, 4) is 0 Å². The van der Waals surface area contributed by atoms with Gasteiger partial charge in [-0.1, -0.05) is 34.1 Å². The predicted molar refractivity (Wildman–Crippen MR) is 73.6 cm³/mol. The first-order valence-corrected chi connectivity index (χ1v) is 7.28. The number of nitrogens with zero attached hydrogens (tertiary/aromatic N) is 1. The molecule has 1 aliphatic rings. The van der Waals surface area contributed by atoms with Gasteiger partial charge in [0.15, 0.2) is 0 Å². The largest absolute Gasteiger partial charge is 0.335 e. The molecule has 92 valence electrons. The van der Waals surface area contributed by atoms with E-state index >= 15 is 0 Å². The van der Waals surface area contributed by atoms with E-state index in [2.05, 4.69) is 15.9 Å². The zero-order valence-electron chi connectivity index (χ0n) is 10.2. The average Bonchev–Trinajstić information content (AvgIpc) is 2.26. The number of hydrogen-bond acceptors (Lipinski definition) is 1. The van der Waals surface area contributed by atoms with E-state index in [4.69, 9.17) is 0 Å². The van der Waals surface area contributed by atoms with Crippen LogP contribution in [-0.4, -0.2) is 28.7 Å². The van der Waals surface area contributed by atoms with Crippen LogP contribution in [0.5, 0.6) is 0 Å². The van der Waals surface area contributed by atoms with Crippen molar-refractivity contribution in [2.45, 2.75) is 32.2 Å². The molecule has 0 aliphatic heterocycles. The Morgan fingerprint density at radius 2 is 2.12 bits per heavy atom. The van der Waals surface area contributed by atoms with Crippen LogP contribution in [0.1, 0.15) is 35.2 Å². The maximum absolute atomic E-state index is 12.5. The van der Waals surface area contributed by atoms with Gasteiger partial charge in [-0.05, 0) is 37.8 Å². The van der Waals surface area contributed by atoms with Gasteiger partial charge in [0.2, 0.25) is 0 Å². The first-order valence-electron chi connectivity index (χ1n) is 6.16. The van der Waals surface area contributed by atoms with Crippen molar-refractivity contribution in [2.75, 3.05) is 11.9 Å². The minimum absolute atomic E-state index is 0.187. The molecule has 0 radical (unpaired) electrons. The Labute approximate surface area is 111 Å². The molecule has 0 spiro atoms. The first kappa shape index (κ1) is 12.6. The summed E-state index contributed by atoms with van der Waals surface area (Å²) < 4.78 is 0. The Kier molecular flexibility index (Phi) is 4.21. The fourth-order valence-corrected chi connectivity index (χ4v) is 2.59. The molecule has 1 fully saturated rings. The molecule has 1 aromatic rings. The van der Waals surface area contributed by atoms with Gasteiger partial charge in [-0.25, -0.2) is 0 Å². The van der Waals surface area contributed by atoms with Crippen molar-refractivity contribution in [3.63, 3.8) is 0 Å². The van der Waals surface area contributed by atoms with E-state index in [1.807, 2.05) is 36.1 Å². The summed E-state index contributed by atoms with van der Waals surface area (Å²) in [5.41, 5.74) is 1.91. The second-order valence-electron chi connectivity index (χ2n) is 4.59. The van der Waals surface area contributed by atoms with Gasteiger partial charge in [-0.15, -0.1) is 0 Å². The van der Waals surface area contributed by atoms with E-state index in [-0.39, 0.29) is 5.91 Å². The van der Waals surface area contributed by atoms with Crippen LogP contribution in [0.2, 0.25) is 0 Å². The molecule has 0 bridgehead atoms. The quantitative estimate of drug-likeness (QED) is 0.780. The average molecular weight is 296 g/mol. The molecule has 17 heavy (non-hydrogen) atoms. The molecule has 3 heteroatoms. The third-order valence-electron chi connectivity index (χ3n) is 3.48. The minimum Gasteiger partial charge on any atom is -0.335 e. The van der Waals surface area contributed by atoms with Crippen LogP contribution in [0, 0.1) is 6.92 Å². The Morgan fingerprint density at radius 3 is 2.65 bits per heavy atom. The predicted octanol–water partition coefficient (Wildman–Crippen LogP) is 3.38. The second kappa shape index (κ2) is 5.67. The maximum Gasteiger partial charge on any atom is 0.254 e. The molecule has 1 aromatic carbocycles. The van der Waals surface area contributed by atoms with E-state index in [0.29, 0.717) is 6.04 Å². The normalized spacial score (nSPS) is 15.4. The molecule has 0 aromatic heterocycles. The van der Waals surface area contributed by atoms with Crippen molar-refractivity contribution in [1.82, 2.24) is 4.90 Å². The summed E-state index contributed by atoms with van der Waals surface area (Å²) in [6.45, 7) is 2.80. The maximum atomic E-state index is 12.5. The van der Waals surface area contributed by atoms with Gasteiger partial charge in [0.25, 0.3) is 5.91 Å². The van der Waals surface area contributed by atoms with Crippen LogP contribution in [0.25, 0.3) is 0 Å². The van der Waals surface area contributed by atoms with Gasteiger partial charge in [0, 0.05) is 23.5 Å². The molecular formula is C14H18BrNO. The fraction of sp³-hybridized carbons (Fsp3) is 0.500. The summed E-state index contributed by atoms with van der Waals surface area (Å²) in [5.74, 6) is 0.187. The highest BCUT2D eigenvalue weighted by Crippen LogP contribution is 2.26. The lowest BCUT2D eigenvalue weighted by Gasteiger charge is -2.37. The summed E-state index contributed by atoms with van der Waals surface area (Å²) in [5, 5.41) is 0.848. The first-order chi connectivity index (χ1) is 8.24. The topological polar surface area (TPSA) is 20.3 Å². The van der Waals surface area contributed by atoms with E-state index in [1.165, 1.54) is 6.42 Å². The Hall–Kier alpha value is -0.830. The summed E-state index contributed by atoms with van der Waals surface area (Å²) >= 11 is 3.44. The van der Waals surface area contributed by atoms with Gasteiger partial charge in [0.1, 0.15) is 0 Å². The molecule has 0 heterocycles. The number of hydrogen-bond donors (Lipinski definition) is 0.